The molecule has 0 saturated carbocycles. The maximum atomic E-state index is 11.7. The summed E-state index contributed by atoms with van der Waals surface area (Å²) in [7, 11) is -2.12. The van der Waals surface area contributed by atoms with Crippen LogP contribution in [-0.2, 0) is 28.0 Å². The maximum absolute atomic E-state index is 11.7. The number of hydrogen-bond donors (Lipinski definition) is 0. The van der Waals surface area contributed by atoms with Crippen LogP contribution in [0.25, 0.3) is 0 Å². The molecule has 1 aromatic heterocycles. The van der Waals surface area contributed by atoms with Gasteiger partial charge >= 0.3 is 10.1 Å². The molecule has 1 aromatic carbocycles. The summed E-state index contributed by atoms with van der Waals surface area (Å²) in [6.07, 6.45) is 1.55. The Bertz CT molecular complexity index is 590. The van der Waals surface area contributed by atoms with Gasteiger partial charge < -0.3 is 0 Å². The van der Waals surface area contributed by atoms with Crippen LogP contribution in [0.1, 0.15) is 5.56 Å². The predicted molar refractivity (Wildman–Crippen MR) is 61.6 cm³/mol. The van der Waals surface area contributed by atoms with Crippen LogP contribution in [0.4, 0.5) is 0 Å². The van der Waals surface area contributed by atoms with Crippen LogP contribution in [0, 0.1) is 0 Å². The van der Waals surface area contributed by atoms with Gasteiger partial charge in [0.1, 0.15) is 0 Å². The van der Waals surface area contributed by atoms with E-state index in [-0.39, 0.29) is 11.6 Å². The average molecular weight is 252 g/mol. The lowest BCUT2D eigenvalue weighted by Gasteiger charge is -2.02. The highest BCUT2D eigenvalue weighted by molar-refractivity contribution is 7.86. The Hall–Kier alpha value is -1.66. The van der Waals surface area contributed by atoms with Crippen molar-refractivity contribution in [3.63, 3.8) is 0 Å². The largest absolute Gasteiger partial charge is 0.316 e. The highest BCUT2D eigenvalue weighted by Gasteiger charge is 2.18. The summed E-state index contributed by atoms with van der Waals surface area (Å²) in [5.41, 5.74) is 0.798. The van der Waals surface area contributed by atoms with Gasteiger partial charge in [-0.3, -0.25) is 8.86 Å². The number of rotatable bonds is 4. The Morgan fingerprint density at radius 2 is 1.94 bits per heavy atom. The molecule has 2 aromatic rings. The van der Waals surface area contributed by atoms with Crippen LogP contribution < -0.4 is 0 Å². The van der Waals surface area contributed by atoms with Crippen molar-refractivity contribution in [2.75, 3.05) is 0 Å². The van der Waals surface area contributed by atoms with E-state index in [0.29, 0.717) is 0 Å². The summed E-state index contributed by atoms with van der Waals surface area (Å²) >= 11 is 0. The summed E-state index contributed by atoms with van der Waals surface area (Å²) in [5.74, 6) is 0. The molecule has 2 rings (SSSR count). The fraction of sp³-hybridized carbons (Fsp3) is 0.182. The molecule has 0 unspecified atom stereocenters. The molecule has 0 fully saturated rings. The van der Waals surface area contributed by atoms with Crippen LogP contribution in [0.5, 0.6) is 0 Å². The fourth-order valence-corrected chi connectivity index (χ4v) is 2.18. The first kappa shape index (κ1) is 11.8. The zero-order chi connectivity index (χ0) is 12.3. The molecule has 0 aliphatic heterocycles. The summed E-state index contributed by atoms with van der Waals surface area (Å²) in [5, 5.41) is 3.73. The van der Waals surface area contributed by atoms with Crippen LogP contribution in [-0.4, -0.2) is 18.2 Å². The lowest BCUT2D eigenvalue weighted by atomic mass is 10.2. The van der Waals surface area contributed by atoms with E-state index in [0.717, 1.165) is 5.56 Å². The maximum Gasteiger partial charge on any atom is 0.316 e. The van der Waals surface area contributed by atoms with Crippen LogP contribution in [0.15, 0.2) is 47.6 Å². The summed E-state index contributed by atoms with van der Waals surface area (Å²) in [6, 6.07) is 10.5. The Morgan fingerprint density at radius 1 is 1.24 bits per heavy atom. The van der Waals surface area contributed by atoms with Crippen LogP contribution in [0.2, 0.25) is 0 Å². The van der Waals surface area contributed by atoms with Crippen molar-refractivity contribution < 1.29 is 12.6 Å². The Labute approximate surface area is 99.8 Å². The first-order chi connectivity index (χ1) is 8.08. The fourth-order valence-electron chi connectivity index (χ4n) is 1.31. The SMILES string of the molecule is Cn1ccc(S(=O)(=O)OCc2ccccc2)n1. The number of aryl methyl sites for hydroxylation is 1. The molecule has 0 spiro atoms. The molecule has 90 valence electrons. The topological polar surface area (TPSA) is 61.2 Å². The van der Waals surface area contributed by atoms with Gasteiger partial charge in [0, 0.05) is 13.2 Å². The number of nitrogens with zero attached hydrogens (tertiary/aromatic N) is 2. The minimum atomic E-state index is -3.77. The van der Waals surface area contributed by atoms with E-state index in [9.17, 15) is 8.42 Å². The second-order valence-electron chi connectivity index (χ2n) is 3.53. The van der Waals surface area contributed by atoms with Crippen molar-refractivity contribution in [3.8, 4) is 0 Å². The van der Waals surface area contributed by atoms with Gasteiger partial charge in [-0.05, 0) is 11.6 Å². The van der Waals surface area contributed by atoms with Gasteiger partial charge in [-0.15, -0.1) is 0 Å². The van der Waals surface area contributed by atoms with Crippen molar-refractivity contribution in [1.29, 1.82) is 0 Å². The minimum absolute atomic E-state index is 0.0136. The highest BCUT2D eigenvalue weighted by atomic mass is 32.2. The van der Waals surface area contributed by atoms with E-state index < -0.39 is 10.1 Å². The van der Waals surface area contributed by atoms with Gasteiger partial charge in [0.25, 0.3) is 0 Å². The molecule has 0 bridgehead atoms. The van der Waals surface area contributed by atoms with E-state index in [1.807, 2.05) is 18.2 Å². The zero-order valence-electron chi connectivity index (χ0n) is 9.28. The lowest BCUT2D eigenvalue weighted by Crippen LogP contribution is -2.07. The third-order valence-electron chi connectivity index (χ3n) is 2.17. The van der Waals surface area contributed by atoms with E-state index in [1.165, 1.54) is 10.7 Å². The summed E-state index contributed by atoms with van der Waals surface area (Å²) in [4.78, 5) is 0. The summed E-state index contributed by atoms with van der Waals surface area (Å²) in [6.45, 7) is 0.0136. The minimum Gasteiger partial charge on any atom is -0.274 e. The van der Waals surface area contributed by atoms with Crippen LogP contribution >= 0.6 is 0 Å². The number of hydrogen-bond acceptors (Lipinski definition) is 4. The lowest BCUT2D eigenvalue weighted by molar-refractivity contribution is 0.306. The average Bonchev–Trinajstić information content (AvgIpc) is 2.76. The quantitative estimate of drug-likeness (QED) is 0.770. The smallest absolute Gasteiger partial charge is 0.274 e. The van der Waals surface area contributed by atoms with Gasteiger partial charge in [0.2, 0.25) is 5.03 Å². The van der Waals surface area contributed by atoms with E-state index in [4.69, 9.17) is 4.18 Å². The highest BCUT2D eigenvalue weighted by Crippen LogP contribution is 2.11. The Balaban J connectivity index is 2.09. The van der Waals surface area contributed by atoms with Gasteiger partial charge in [0.15, 0.2) is 0 Å². The predicted octanol–water partition coefficient (Wildman–Crippen LogP) is 1.33. The Morgan fingerprint density at radius 3 is 2.53 bits per heavy atom. The normalized spacial score (nSPS) is 11.6. The van der Waals surface area contributed by atoms with Gasteiger partial charge in [-0.1, -0.05) is 30.3 Å². The van der Waals surface area contributed by atoms with E-state index in [1.54, 1.807) is 25.4 Å². The zero-order valence-corrected chi connectivity index (χ0v) is 10.1. The first-order valence-electron chi connectivity index (χ1n) is 5.01. The van der Waals surface area contributed by atoms with Gasteiger partial charge in [-0.25, -0.2) is 0 Å². The number of benzene rings is 1. The van der Waals surface area contributed by atoms with Crippen molar-refractivity contribution in [1.82, 2.24) is 9.78 Å². The second-order valence-corrected chi connectivity index (χ2v) is 5.09. The standard InChI is InChI=1S/C11H12N2O3S/c1-13-8-7-11(12-13)17(14,15)16-9-10-5-3-2-4-6-10/h2-8H,9H2,1H3. The van der Waals surface area contributed by atoms with E-state index in [2.05, 4.69) is 5.10 Å². The molecule has 0 N–H and O–H groups in total. The molecular formula is C11H12N2O3S. The first-order valence-corrected chi connectivity index (χ1v) is 6.42. The second kappa shape index (κ2) is 4.68. The molecule has 0 saturated heterocycles. The molecule has 0 aliphatic rings. The third kappa shape index (κ3) is 2.92. The molecular weight excluding hydrogens is 240 g/mol. The molecule has 1 heterocycles. The van der Waals surface area contributed by atoms with Crippen molar-refractivity contribution in [2.24, 2.45) is 7.05 Å². The molecule has 0 amide bonds. The molecule has 0 atom stereocenters. The Kier molecular flexibility index (Phi) is 3.26. The van der Waals surface area contributed by atoms with Crippen molar-refractivity contribution >= 4 is 10.1 Å². The molecule has 0 radical (unpaired) electrons. The molecule has 0 aliphatic carbocycles. The van der Waals surface area contributed by atoms with Gasteiger partial charge in [-0.2, -0.15) is 13.5 Å². The molecule has 5 nitrogen and oxygen atoms in total. The van der Waals surface area contributed by atoms with Gasteiger partial charge in [0.05, 0.1) is 6.61 Å². The molecule has 17 heavy (non-hydrogen) atoms. The monoisotopic (exact) mass is 252 g/mol. The van der Waals surface area contributed by atoms with Crippen molar-refractivity contribution in [3.05, 3.63) is 48.2 Å². The third-order valence-corrected chi connectivity index (χ3v) is 3.33. The van der Waals surface area contributed by atoms with E-state index >= 15 is 0 Å². The summed E-state index contributed by atoms with van der Waals surface area (Å²) < 4.78 is 29.8. The van der Waals surface area contributed by atoms with Crippen molar-refractivity contribution in [2.45, 2.75) is 11.6 Å². The molecule has 6 heteroatoms. The number of aromatic nitrogens is 2. The van der Waals surface area contributed by atoms with Crippen LogP contribution in [0.3, 0.4) is 0 Å².